The predicted octanol–water partition coefficient (Wildman–Crippen LogP) is 4.26. The summed E-state index contributed by atoms with van der Waals surface area (Å²) in [6.45, 7) is 1.68. The van der Waals surface area contributed by atoms with Gasteiger partial charge in [-0.05, 0) is 48.7 Å². The summed E-state index contributed by atoms with van der Waals surface area (Å²) in [7, 11) is -2.16. The topological polar surface area (TPSA) is 58.6 Å². The first-order chi connectivity index (χ1) is 13.7. The van der Waals surface area contributed by atoms with Gasteiger partial charge in [0, 0.05) is 31.6 Å². The minimum absolute atomic E-state index is 0.0721. The summed E-state index contributed by atoms with van der Waals surface area (Å²) in [5, 5.41) is 0. The van der Waals surface area contributed by atoms with Gasteiger partial charge in [-0.15, -0.1) is 0 Å². The van der Waals surface area contributed by atoms with Crippen LogP contribution in [-0.2, 0) is 26.7 Å². The molecule has 2 aromatic rings. The normalized spacial score (nSPS) is 17.9. The van der Waals surface area contributed by atoms with Crippen molar-refractivity contribution in [3.8, 4) is 0 Å². The molecule has 1 saturated heterocycles. The lowest BCUT2D eigenvalue weighted by molar-refractivity contribution is -0.137. The molecule has 0 spiro atoms. The largest absolute Gasteiger partial charge is 0.416 e. The number of anilines is 2. The molecule has 1 aliphatic heterocycles. The number of rotatable bonds is 6. The quantitative estimate of drug-likeness (QED) is 0.747. The van der Waals surface area contributed by atoms with Crippen molar-refractivity contribution in [1.29, 1.82) is 0 Å². The molecule has 1 aliphatic rings. The highest BCUT2D eigenvalue weighted by Gasteiger charge is 2.30. The number of methoxy groups -OCH3 is 1. The SMILES string of the molecule is COC1CCCN(c2ccc(NS(=O)(=O)Cc3cccc(C(F)(F)F)c3)cc2)C1. The summed E-state index contributed by atoms with van der Waals surface area (Å²) >= 11 is 0. The van der Waals surface area contributed by atoms with Crippen LogP contribution in [0, 0.1) is 0 Å². The van der Waals surface area contributed by atoms with E-state index in [0.717, 1.165) is 43.8 Å². The number of benzene rings is 2. The van der Waals surface area contributed by atoms with E-state index in [9.17, 15) is 21.6 Å². The van der Waals surface area contributed by atoms with Crippen LogP contribution in [0.5, 0.6) is 0 Å². The Kier molecular flexibility index (Phi) is 6.38. The second-order valence-corrected chi connectivity index (χ2v) is 8.77. The highest BCUT2D eigenvalue weighted by Crippen LogP contribution is 2.30. The Bertz CT molecular complexity index is 931. The van der Waals surface area contributed by atoms with Gasteiger partial charge in [-0.25, -0.2) is 8.42 Å². The van der Waals surface area contributed by atoms with E-state index in [2.05, 4.69) is 9.62 Å². The minimum atomic E-state index is -4.51. The fourth-order valence-electron chi connectivity index (χ4n) is 3.38. The van der Waals surface area contributed by atoms with Crippen molar-refractivity contribution in [2.24, 2.45) is 0 Å². The van der Waals surface area contributed by atoms with Gasteiger partial charge in [0.05, 0.1) is 17.4 Å². The number of nitrogens with zero attached hydrogens (tertiary/aromatic N) is 1. The molecule has 1 atom stereocenters. The molecule has 29 heavy (non-hydrogen) atoms. The van der Waals surface area contributed by atoms with E-state index in [1.165, 1.54) is 12.1 Å². The van der Waals surface area contributed by atoms with E-state index in [1.54, 1.807) is 19.2 Å². The number of hydrogen-bond donors (Lipinski definition) is 1. The van der Waals surface area contributed by atoms with Crippen molar-refractivity contribution in [2.75, 3.05) is 29.8 Å². The average Bonchev–Trinajstić information content (AvgIpc) is 2.67. The number of alkyl halides is 3. The van der Waals surface area contributed by atoms with Crippen LogP contribution in [0.1, 0.15) is 24.0 Å². The molecule has 5 nitrogen and oxygen atoms in total. The summed E-state index contributed by atoms with van der Waals surface area (Å²) in [6.07, 6.45) is -2.31. The highest BCUT2D eigenvalue weighted by molar-refractivity contribution is 7.91. The molecule has 0 radical (unpaired) electrons. The Hall–Kier alpha value is -2.26. The average molecular weight is 428 g/mol. The highest BCUT2D eigenvalue weighted by atomic mass is 32.2. The summed E-state index contributed by atoms with van der Waals surface area (Å²) in [5.74, 6) is -0.541. The van der Waals surface area contributed by atoms with E-state index >= 15 is 0 Å². The van der Waals surface area contributed by atoms with Crippen molar-refractivity contribution in [1.82, 2.24) is 0 Å². The van der Waals surface area contributed by atoms with E-state index in [0.29, 0.717) is 5.69 Å². The van der Waals surface area contributed by atoms with E-state index in [1.807, 2.05) is 12.1 Å². The van der Waals surface area contributed by atoms with Gasteiger partial charge in [0.25, 0.3) is 0 Å². The molecule has 2 aromatic carbocycles. The molecule has 158 valence electrons. The maximum atomic E-state index is 12.8. The van der Waals surface area contributed by atoms with Gasteiger partial charge in [-0.1, -0.05) is 18.2 Å². The molecule has 0 saturated carbocycles. The summed E-state index contributed by atoms with van der Waals surface area (Å²) in [4.78, 5) is 2.18. The zero-order valence-electron chi connectivity index (χ0n) is 15.9. The van der Waals surface area contributed by atoms with Crippen molar-refractivity contribution in [3.05, 3.63) is 59.7 Å². The number of piperidine rings is 1. The van der Waals surface area contributed by atoms with Gasteiger partial charge in [-0.3, -0.25) is 4.72 Å². The Labute approximate surface area is 168 Å². The van der Waals surface area contributed by atoms with Crippen LogP contribution in [-0.4, -0.2) is 34.7 Å². The Morgan fingerprint density at radius 1 is 1.17 bits per heavy atom. The predicted molar refractivity (Wildman–Crippen MR) is 106 cm³/mol. The fourth-order valence-corrected chi connectivity index (χ4v) is 4.56. The second kappa shape index (κ2) is 8.62. The van der Waals surface area contributed by atoms with E-state index in [4.69, 9.17) is 4.74 Å². The van der Waals surface area contributed by atoms with Crippen molar-refractivity contribution < 1.29 is 26.3 Å². The van der Waals surface area contributed by atoms with Crippen molar-refractivity contribution in [2.45, 2.75) is 30.9 Å². The molecule has 0 amide bonds. The molecular weight excluding hydrogens is 405 g/mol. The van der Waals surface area contributed by atoms with Gasteiger partial charge in [0.1, 0.15) is 0 Å². The van der Waals surface area contributed by atoms with Crippen LogP contribution >= 0.6 is 0 Å². The standard InChI is InChI=1S/C20H23F3N2O3S/c1-28-19-6-3-11-25(13-19)18-9-7-17(8-10-18)24-29(26,27)14-15-4-2-5-16(12-15)20(21,22)23/h2,4-5,7-10,12,19,24H,3,6,11,13-14H2,1H3. The Balaban J connectivity index is 1.66. The number of halogens is 3. The van der Waals surface area contributed by atoms with Crippen LogP contribution in [0.4, 0.5) is 24.5 Å². The zero-order chi connectivity index (χ0) is 21.1. The van der Waals surface area contributed by atoms with E-state index in [-0.39, 0.29) is 11.7 Å². The van der Waals surface area contributed by atoms with Gasteiger partial charge >= 0.3 is 6.18 Å². The summed E-state index contributed by atoms with van der Waals surface area (Å²) in [5.41, 5.74) is 0.530. The lowest BCUT2D eigenvalue weighted by Gasteiger charge is -2.33. The number of nitrogens with one attached hydrogen (secondary N) is 1. The first kappa shape index (κ1) is 21.4. The molecule has 0 aromatic heterocycles. The van der Waals surface area contributed by atoms with Gasteiger partial charge in [-0.2, -0.15) is 13.2 Å². The minimum Gasteiger partial charge on any atom is -0.380 e. The molecule has 3 rings (SSSR count). The monoisotopic (exact) mass is 428 g/mol. The molecule has 0 bridgehead atoms. The van der Waals surface area contributed by atoms with E-state index < -0.39 is 27.5 Å². The number of ether oxygens (including phenoxy) is 1. The second-order valence-electron chi connectivity index (χ2n) is 7.05. The van der Waals surface area contributed by atoms with Crippen LogP contribution in [0.2, 0.25) is 0 Å². The third kappa shape index (κ3) is 5.86. The molecular formula is C20H23F3N2O3S. The molecule has 1 unspecified atom stereocenters. The van der Waals surface area contributed by atoms with Crippen LogP contribution in [0.15, 0.2) is 48.5 Å². The summed E-state index contributed by atoms with van der Waals surface area (Å²) < 4.78 is 71.0. The maximum absolute atomic E-state index is 12.8. The van der Waals surface area contributed by atoms with Crippen LogP contribution < -0.4 is 9.62 Å². The third-order valence-electron chi connectivity index (χ3n) is 4.83. The molecule has 1 N–H and O–H groups in total. The van der Waals surface area contributed by atoms with Crippen molar-refractivity contribution in [3.63, 3.8) is 0 Å². The molecule has 1 heterocycles. The lowest BCUT2D eigenvalue weighted by atomic mass is 10.1. The number of sulfonamides is 1. The summed E-state index contributed by atoms with van der Waals surface area (Å²) in [6, 6.07) is 11.3. The fraction of sp³-hybridized carbons (Fsp3) is 0.400. The first-order valence-corrected chi connectivity index (χ1v) is 10.9. The molecule has 1 fully saturated rings. The van der Waals surface area contributed by atoms with Gasteiger partial charge in [0.2, 0.25) is 10.0 Å². The zero-order valence-corrected chi connectivity index (χ0v) is 16.8. The molecule has 9 heteroatoms. The van der Waals surface area contributed by atoms with Gasteiger partial charge in [0.15, 0.2) is 0 Å². The first-order valence-electron chi connectivity index (χ1n) is 9.21. The Morgan fingerprint density at radius 3 is 2.55 bits per heavy atom. The molecule has 0 aliphatic carbocycles. The third-order valence-corrected chi connectivity index (χ3v) is 6.09. The maximum Gasteiger partial charge on any atom is 0.416 e. The smallest absolute Gasteiger partial charge is 0.380 e. The van der Waals surface area contributed by atoms with Crippen LogP contribution in [0.3, 0.4) is 0 Å². The number of hydrogen-bond acceptors (Lipinski definition) is 4. The Morgan fingerprint density at radius 2 is 1.90 bits per heavy atom. The van der Waals surface area contributed by atoms with Crippen molar-refractivity contribution >= 4 is 21.4 Å². The lowest BCUT2D eigenvalue weighted by Crippen LogP contribution is -2.39. The van der Waals surface area contributed by atoms with Crippen LogP contribution in [0.25, 0.3) is 0 Å². The van der Waals surface area contributed by atoms with Gasteiger partial charge < -0.3 is 9.64 Å².